The normalized spacial score (nSPS) is 25.0. The molecule has 7 heteroatoms. The molecule has 2 saturated heterocycles. The first-order chi connectivity index (χ1) is 13.1. The van der Waals surface area contributed by atoms with Gasteiger partial charge in [0.25, 0.3) is 5.91 Å². The van der Waals surface area contributed by atoms with Crippen molar-refractivity contribution in [3.8, 4) is 0 Å². The Kier molecular flexibility index (Phi) is 5.02. The van der Waals surface area contributed by atoms with Crippen molar-refractivity contribution >= 4 is 23.5 Å². The summed E-state index contributed by atoms with van der Waals surface area (Å²) >= 11 is 6.05. The van der Waals surface area contributed by atoms with Gasteiger partial charge in [-0.2, -0.15) is 0 Å². The van der Waals surface area contributed by atoms with Crippen molar-refractivity contribution in [1.29, 1.82) is 0 Å². The predicted octanol–water partition coefficient (Wildman–Crippen LogP) is 3.03. The number of carbonyl (C=O) groups excluding carboxylic acids is 1. The molecular formula is C20H23ClN4O2. The molecule has 2 unspecified atom stereocenters. The first kappa shape index (κ1) is 18.2. The van der Waals surface area contributed by atoms with Crippen LogP contribution in [0.25, 0.3) is 0 Å². The van der Waals surface area contributed by atoms with Gasteiger partial charge in [0.1, 0.15) is 0 Å². The number of ether oxygens (including phenoxy) is 1. The highest BCUT2D eigenvalue weighted by molar-refractivity contribution is 6.30. The molecule has 0 bridgehead atoms. The Morgan fingerprint density at radius 3 is 2.93 bits per heavy atom. The van der Waals surface area contributed by atoms with E-state index in [4.69, 9.17) is 16.3 Å². The highest BCUT2D eigenvalue weighted by Crippen LogP contribution is 2.37. The molecule has 1 aromatic heterocycles. The topological polar surface area (TPSA) is 58.6 Å². The zero-order valence-corrected chi connectivity index (χ0v) is 16.1. The molecule has 0 aliphatic carbocycles. The summed E-state index contributed by atoms with van der Waals surface area (Å²) in [7, 11) is 2.00. The van der Waals surface area contributed by atoms with E-state index < -0.39 is 0 Å². The zero-order chi connectivity index (χ0) is 18.9. The first-order valence-electron chi connectivity index (χ1n) is 9.25. The monoisotopic (exact) mass is 386 g/mol. The highest BCUT2D eigenvalue weighted by Gasteiger charge is 2.46. The van der Waals surface area contributed by atoms with Gasteiger partial charge in [0.15, 0.2) is 0 Å². The fourth-order valence-corrected chi connectivity index (χ4v) is 4.26. The molecule has 2 aromatic rings. The third-order valence-electron chi connectivity index (χ3n) is 5.50. The van der Waals surface area contributed by atoms with Gasteiger partial charge in [-0.3, -0.25) is 4.79 Å². The van der Waals surface area contributed by atoms with Gasteiger partial charge in [-0.15, -0.1) is 0 Å². The van der Waals surface area contributed by atoms with Crippen molar-refractivity contribution in [3.05, 3.63) is 53.3 Å². The lowest BCUT2D eigenvalue weighted by molar-refractivity contribution is -0.0447. The number of halogens is 1. The minimum atomic E-state index is -0.291. The molecule has 4 rings (SSSR count). The number of benzene rings is 1. The van der Waals surface area contributed by atoms with Crippen LogP contribution in [0.3, 0.4) is 0 Å². The third kappa shape index (κ3) is 3.77. The fraction of sp³-hybridized carbons (Fsp3) is 0.450. The van der Waals surface area contributed by atoms with Gasteiger partial charge in [0.2, 0.25) is 5.95 Å². The van der Waals surface area contributed by atoms with Gasteiger partial charge in [0.05, 0.1) is 24.8 Å². The summed E-state index contributed by atoms with van der Waals surface area (Å²) < 4.78 is 6.26. The number of piperidine rings is 1. The van der Waals surface area contributed by atoms with Crippen LogP contribution in [0.4, 0.5) is 5.95 Å². The lowest BCUT2D eigenvalue weighted by atomic mass is 9.88. The summed E-state index contributed by atoms with van der Waals surface area (Å²) in [5.74, 6) is 0.717. The molecule has 0 radical (unpaired) electrons. The van der Waals surface area contributed by atoms with Gasteiger partial charge in [-0.05, 0) is 37.1 Å². The van der Waals surface area contributed by atoms with Gasteiger partial charge in [-0.25, -0.2) is 9.97 Å². The van der Waals surface area contributed by atoms with Crippen LogP contribution in [-0.2, 0) is 4.74 Å². The Morgan fingerprint density at radius 1 is 1.33 bits per heavy atom. The summed E-state index contributed by atoms with van der Waals surface area (Å²) in [4.78, 5) is 25.5. The van der Waals surface area contributed by atoms with Crippen LogP contribution in [0, 0.1) is 0 Å². The number of carbonyl (C=O) groups is 1. The van der Waals surface area contributed by atoms with Crippen molar-refractivity contribution < 1.29 is 9.53 Å². The lowest BCUT2D eigenvalue weighted by Gasteiger charge is -2.40. The van der Waals surface area contributed by atoms with Crippen molar-refractivity contribution in [3.63, 3.8) is 0 Å². The van der Waals surface area contributed by atoms with Gasteiger partial charge >= 0.3 is 0 Å². The molecule has 27 heavy (non-hydrogen) atoms. The second-order valence-electron chi connectivity index (χ2n) is 7.35. The average Bonchev–Trinajstić information content (AvgIpc) is 3.10. The number of hydrogen-bond acceptors (Lipinski definition) is 5. The molecule has 3 heterocycles. The molecule has 0 N–H and O–H groups in total. The number of likely N-dealkylation sites (N-methyl/N-ethyl adjacent to an activating group) is 1. The van der Waals surface area contributed by atoms with E-state index in [0.717, 1.165) is 25.8 Å². The van der Waals surface area contributed by atoms with Crippen LogP contribution in [-0.4, -0.2) is 59.2 Å². The van der Waals surface area contributed by atoms with Crippen molar-refractivity contribution in [2.75, 3.05) is 31.6 Å². The smallest absolute Gasteiger partial charge is 0.254 e. The van der Waals surface area contributed by atoms with Crippen LogP contribution < -0.4 is 4.90 Å². The number of nitrogens with zero attached hydrogens (tertiary/aromatic N) is 4. The van der Waals surface area contributed by atoms with Gasteiger partial charge < -0.3 is 14.5 Å². The third-order valence-corrected chi connectivity index (χ3v) is 5.74. The molecule has 2 atom stereocenters. The maximum atomic E-state index is 12.9. The van der Waals surface area contributed by atoms with Crippen LogP contribution >= 0.6 is 11.6 Å². The average molecular weight is 387 g/mol. The van der Waals surface area contributed by atoms with Crippen molar-refractivity contribution in [2.45, 2.75) is 30.9 Å². The second-order valence-corrected chi connectivity index (χ2v) is 7.79. The summed E-state index contributed by atoms with van der Waals surface area (Å²) in [6.45, 7) is 1.98. The lowest BCUT2D eigenvalue weighted by Crippen LogP contribution is -2.50. The van der Waals surface area contributed by atoms with Gasteiger partial charge in [0, 0.05) is 43.0 Å². The fourth-order valence-electron chi connectivity index (χ4n) is 4.07. The molecule has 142 valence electrons. The van der Waals surface area contributed by atoms with E-state index >= 15 is 0 Å². The number of aromatic nitrogens is 2. The Bertz CT molecular complexity index is 819. The van der Waals surface area contributed by atoms with Crippen molar-refractivity contribution in [1.82, 2.24) is 14.9 Å². The van der Waals surface area contributed by atoms with Crippen LogP contribution in [0.2, 0.25) is 5.02 Å². The molecule has 1 spiro atoms. The molecule has 1 aromatic carbocycles. The van der Waals surface area contributed by atoms with E-state index in [1.165, 1.54) is 0 Å². The van der Waals surface area contributed by atoms with E-state index in [2.05, 4.69) is 14.9 Å². The first-order valence-corrected chi connectivity index (χ1v) is 9.63. The number of rotatable bonds is 3. The van der Waals surface area contributed by atoms with E-state index in [9.17, 15) is 4.79 Å². The van der Waals surface area contributed by atoms with Crippen LogP contribution in [0.5, 0.6) is 0 Å². The van der Waals surface area contributed by atoms with E-state index in [1.54, 1.807) is 24.5 Å². The van der Waals surface area contributed by atoms with E-state index in [0.29, 0.717) is 29.7 Å². The molecule has 2 aliphatic heterocycles. The minimum absolute atomic E-state index is 0.0170. The SMILES string of the molecule is CN(c1ncccn1)C1COC2(CCCN(C(=O)c3cccc(Cl)c3)C2)C1. The molecule has 0 saturated carbocycles. The van der Waals surface area contributed by atoms with E-state index in [1.807, 2.05) is 30.1 Å². The Balaban J connectivity index is 1.46. The second kappa shape index (κ2) is 7.44. The quantitative estimate of drug-likeness (QED) is 0.811. The summed E-state index contributed by atoms with van der Waals surface area (Å²) in [6, 6.07) is 9.14. The van der Waals surface area contributed by atoms with E-state index in [-0.39, 0.29) is 17.6 Å². The van der Waals surface area contributed by atoms with Crippen LogP contribution in [0.15, 0.2) is 42.7 Å². The number of amides is 1. The van der Waals surface area contributed by atoms with Gasteiger partial charge in [-0.1, -0.05) is 17.7 Å². The van der Waals surface area contributed by atoms with Crippen molar-refractivity contribution in [2.24, 2.45) is 0 Å². The highest BCUT2D eigenvalue weighted by atomic mass is 35.5. The molecular weight excluding hydrogens is 364 g/mol. The maximum absolute atomic E-state index is 12.9. The summed E-state index contributed by atoms with van der Waals surface area (Å²) in [5, 5.41) is 0.578. The molecule has 1 amide bonds. The Labute approximate surface area is 164 Å². The Morgan fingerprint density at radius 2 is 2.15 bits per heavy atom. The number of hydrogen-bond donors (Lipinski definition) is 0. The standard InChI is InChI=1S/C20H23ClN4O2/c1-24(19-22-8-4-9-23-19)17-12-20(27-13-17)7-3-10-25(14-20)18(26)15-5-2-6-16(21)11-15/h2,4-6,8-9,11,17H,3,7,10,12-14H2,1H3. The maximum Gasteiger partial charge on any atom is 0.254 e. The molecule has 6 nitrogen and oxygen atoms in total. The number of anilines is 1. The minimum Gasteiger partial charge on any atom is -0.371 e. The number of likely N-dealkylation sites (tertiary alicyclic amines) is 1. The largest absolute Gasteiger partial charge is 0.371 e. The summed E-state index contributed by atoms with van der Waals surface area (Å²) in [6.07, 6.45) is 6.25. The Hall–Kier alpha value is -2.18. The predicted molar refractivity (Wildman–Crippen MR) is 104 cm³/mol. The van der Waals surface area contributed by atoms with Crippen LogP contribution in [0.1, 0.15) is 29.6 Å². The zero-order valence-electron chi connectivity index (χ0n) is 15.3. The molecule has 2 aliphatic rings. The summed E-state index contributed by atoms with van der Waals surface area (Å²) in [5.41, 5.74) is 0.337. The molecule has 2 fully saturated rings.